The quantitative estimate of drug-likeness (QED) is 0.522. The van der Waals surface area contributed by atoms with Crippen LogP contribution >= 0.6 is 35.1 Å². The van der Waals surface area contributed by atoms with E-state index in [0.29, 0.717) is 15.5 Å². The summed E-state index contributed by atoms with van der Waals surface area (Å²) in [7, 11) is 0. The highest BCUT2D eigenvalue weighted by Gasteiger charge is 2.34. The van der Waals surface area contributed by atoms with Gasteiger partial charge in [0, 0.05) is 23.0 Å². The molecular weight excluding hydrogens is 416 g/mol. The summed E-state index contributed by atoms with van der Waals surface area (Å²) in [4.78, 5) is 39.0. The number of nitrogens with zero attached hydrogens (tertiary/aromatic N) is 1. The van der Waals surface area contributed by atoms with Gasteiger partial charge in [-0.1, -0.05) is 48.0 Å². The van der Waals surface area contributed by atoms with Crippen molar-refractivity contribution in [1.82, 2.24) is 10.2 Å². The molecule has 2 aromatic rings. The van der Waals surface area contributed by atoms with Gasteiger partial charge in [0.1, 0.15) is 0 Å². The van der Waals surface area contributed by atoms with Gasteiger partial charge >= 0.3 is 0 Å². The zero-order chi connectivity index (χ0) is 19.9. The molecule has 0 spiro atoms. The third-order valence-electron chi connectivity index (χ3n) is 3.84. The van der Waals surface area contributed by atoms with Crippen LogP contribution in [0.2, 0.25) is 5.02 Å². The molecule has 1 aliphatic rings. The van der Waals surface area contributed by atoms with Crippen molar-refractivity contribution in [2.24, 2.45) is 0 Å². The van der Waals surface area contributed by atoms with Gasteiger partial charge in [-0.15, -0.1) is 11.8 Å². The second-order valence-electron chi connectivity index (χ2n) is 5.81. The predicted molar refractivity (Wildman–Crippen MR) is 114 cm³/mol. The summed E-state index contributed by atoms with van der Waals surface area (Å²) in [5, 5.41) is 2.90. The number of rotatable bonds is 7. The first-order chi connectivity index (χ1) is 13.5. The molecule has 2 aromatic carbocycles. The van der Waals surface area contributed by atoms with Gasteiger partial charge in [-0.3, -0.25) is 19.3 Å². The Kier molecular flexibility index (Phi) is 7.19. The molecule has 0 radical (unpaired) electrons. The van der Waals surface area contributed by atoms with Crippen LogP contribution in [-0.2, 0) is 9.59 Å². The maximum absolute atomic E-state index is 12.5. The summed E-state index contributed by atoms with van der Waals surface area (Å²) < 4.78 is 0. The fourth-order valence-electron chi connectivity index (χ4n) is 2.45. The summed E-state index contributed by atoms with van der Waals surface area (Å²) in [6.45, 7) is 0.345. The average molecular weight is 433 g/mol. The maximum Gasteiger partial charge on any atom is 0.293 e. The molecule has 1 saturated heterocycles. The molecule has 144 valence electrons. The number of carbonyl (C=O) groups is 3. The van der Waals surface area contributed by atoms with Gasteiger partial charge in [-0.05, 0) is 41.6 Å². The van der Waals surface area contributed by atoms with E-state index < -0.39 is 0 Å². The van der Waals surface area contributed by atoms with Crippen molar-refractivity contribution in [3.8, 4) is 0 Å². The molecule has 0 aliphatic carbocycles. The van der Waals surface area contributed by atoms with E-state index in [4.69, 9.17) is 11.6 Å². The fourth-order valence-corrected chi connectivity index (χ4v) is 4.25. The van der Waals surface area contributed by atoms with Crippen molar-refractivity contribution in [2.45, 2.75) is 4.90 Å². The molecule has 0 aromatic heterocycles. The van der Waals surface area contributed by atoms with Gasteiger partial charge in [-0.25, -0.2) is 0 Å². The molecule has 8 heteroatoms. The van der Waals surface area contributed by atoms with Gasteiger partial charge in [0.25, 0.3) is 11.1 Å². The number of carbonyl (C=O) groups excluding carboxylic acids is 3. The third-order valence-corrected chi connectivity index (χ3v) is 6.10. The SMILES string of the molecule is O=C(CSc1ccccc1)NCCN1C(=O)SC(=Cc2ccccc2Cl)C1=O. The van der Waals surface area contributed by atoms with E-state index in [-0.39, 0.29) is 35.9 Å². The maximum atomic E-state index is 12.5. The molecule has 1 heterocycles. The molecule has 0 unspecified atom stereocenters. The zero-order valence-corrected chi connectivity index (χ0v) is 17.2. The minimum atomic E-state index is -0.372. The highest BCUT2D eigenvalue weighted by atomic mass is 35.5. The minimum Gasteiger partial charge on any atom is -0.354 e. The van der Waals surface area contributed by atoms with Crippen molar-refractivity contribution in [3.63, 3.8) is 0 Å². The lowest BCUT2D eigenvalue weighted by atomic mass is 10.2. The highest BCUT2D eigenvalue weighted by molar-refractivity contribution is 8.18. The number of hydrogen-bond acceptors (Lipinski definition) is 5. The first-order valence-electron chi connectivity index (χ1n) is 8.49. The molecule has 1 aliphatic heterocycles. The molecular formula is C20H17ClN2O3S2. The lowest BCUT2D eigenvalue weighted by molar-refractivity contribution is -0.123. The Balaban J connectivity index is 1.49. The standard InChI is InChI=1S/C20H17ClN2O3S2/c21-16-9-5-4-6-14(16)12-17-19(25)23(20(26)28-17)11-10-22-18(24)13-27-15-7-2-1-3-8-15/h1-9,12H,10-11,13H2,(H,22,24). The van der Waals surface area contributed by atoms with Crippen LogP contribution < -0.4 is 5.32 Å². The van der Waals surface area contributed by atoms with E-state index in [1.165, 1.54) is 11.8 Å². The molecule has 5 nitrogen and oxygen atoms in total. The van der Waals surface area contributed by atoms with E-state index in [9.17, 15) is 14.4 Å². The van der Waals surface area contributed by atoms with Crippen LogP contribution in [0.25, 0.3) is 6.08 Å². The number of nitrogens with one attached hydrogen (secondary N) is 1. The molecule has 0 bridgehead atoms. The van der Waals surface area contributed by atoms with Crippen molar-refractivity contribution < 1.29 is 14.4 Å². The number of halogens is 1. The molecule has 0 atom stereocenters. The van der Waals surface area contributed by atoms with Crippen LogP contribution in [0, 0.1) is 0 Å². The Labute approximate surface area is 176 Å². The summed E-state index contributed by atoms with van der Waals surface area (Å²) >= 11 is 8.41. The molecule has 3 rings (SSSR count). The van der Waals surface area contributed by atoms with Crippen molar-refractivity contribution in [3.05, 3.63) is 70.1 Å². The molecule has 0 saturated carbocycles. The van der Waals surface area contributed by atoms with Crippen molar-refractivity contribution in [2.75, 3.05) is 18.8 Å². The number of benzene rings is 2. The van der Waals surface area contributed by atoms with E-state index in [0.717, 1.165) is 21.6 Å². The van der Waals surface area contributed by atoms with Crippen LogP contribution in [0.15, 0.2) is 64.4 Å². The van der Waals surface area contributed by atoms with Crippen molar-refractivity contribution >= 4 is 58.3 Å². The summed E-state index contributed by atoms with van der Waals surface area (Å²) in [6.07, 6.45) is 1.61. The van der Waals surface area contributed by atoms with Gasteiger partial charge in [-0.2, -0.15) is 0 Å². The smallest absolute Gasteiger partial charge is 0.293 e. The molecule has 1 N–H and O–H groups in total. The van der Waals surface area contributed by atoms with Gasteiger partial charge in [0.15, 0.2) is 0 Å². The normalized spacial score (nSPS) is 15.3. The zero-order valence-electron chi connectivity index (χ0n) is 14.8. The van der Waals surface area contributed by atoms with E-state index in [2.05, 4.69) is 5.32 Å². The third kappa shape index (κ3) is 5.41. The summed E-state index contributed by atoms with van der Waals surface area (Å²) in [5.74, 6) is -0.242. The first-order valence-corrected chi connectivity index (χ1v) is 10.7. The number of hydrogen-bond donors (Lipinski definition) is 1. The van der Waals surface area contributed by atoms with Crippen LogP contribution in [0.1, 0.15) is 5.56 Å². The van der Waals surface area contributed by atoms with Crippen LogP contribution in [-0.4, -0.2) is 40.8 Å². The van der Waals surface area contributed by atoms with Gasteiger partial charge in [0.2, 0.25) is 5.91 Å². The van der Waals surface area contributed by atoms with Crippen LogP contribution in [0.4, 0.5) is 4.79 Å². The summed E-state index contributed by atoms with van der Waals surface area (Å²) in [6, 6.07) is 16.7. The minimum absolute atomic E-state index is 0.131. The lowest BCUT2D eigenvalue weighted by Gasteiger charge is -2.13. The molecule has 1 fully saturated rings. The van der Waals surface area contributed by atoms with E-state index in [1.54, 1.807) is 24.3 Å². The number of imide groups is 1. The average Bonchev–Trinajstić information content (AvgIpc) is 2.96. The highest BCUT2D eigenvalue weighted by Crippen LogP contribution is 2.33. The van der Waals surface area contributed by atoms with E-state index >= 15 is 0 Å². The predicted octanol–water partition coefficient (Wildman–Crippen LogP) is 4.28. The van der Waals surface area contributed by atoms with E-state index in [1.807, 2.05) is 36.4 Å². The summed E-state index contributed by atoms with van der Waals surface area (Å²) in [5.41, 5.74) is 0.681. The Morgan fingerprint density at radius 1 is 1.11 bits per heavy atom. The Hall–Kier alpha value is -2.22. The second-order valence-corrected chi connectivity index (χ2v) is 8.26. The van der Waals surface area contributed by atoms with Gasteiger partial charge in [0.05, 0.1) is 10.7 Å². The molecule has 3 amide bonds. The Bertz CT molecular complexity index is 919. The molecule has 28 heavy (non-hydrogen) atoms. The largest absolute Gasteiger partial charge is 0.354 e. The van der Waals surface area contributed by atoms with Gasteiger partial charge < -0.3 is 5.32 Å². The number of thioether (sulfide) groups is 2. The van der Waals surface area contributed by atoms with Crippen LogP contribution in [0.5, 0.6) is 0 Å². The lowest BCUT2D eigenvalue weighted by Crippen LogP contribution is -2.37. The first kappa shape index (κ1) is 20.5. The van der Waals surface area contributed by atoms with Crippen molar-refractivity contribution in [1.29, 1.82) is 0 Å². The Morgan fingerprint density at radius 2 is 1.82 bits per heavy atom. The van der Waals surface area contributed by atoms with Crippen LogP contribution in [0.3, 0.4) is 0 Å². The number of amides is 3. The fraction of sp³-hybridized carbons (Fsp3) is 0.150. The monoisotopic (exact) mass is 432 g/mol. The topological polar surface area (TPSA) is 66.5 Å². The second kappa shape index (κ2) is 9.82. The Morgan fingerprint density at radius 3 is 2.57 bits per heavy atom.